The van der Waals surface area contributed by atoms with Gasteiger partial charge in [0.15, 0.2) is 0 Å². The van der Waals surface area contributed by atoms with E-state index in [1.807, 2.05) is 0 Å². The summed E-state index contributed by atoms with van der Waals surface area (Å²) in [5.74, 6) is 0. The van der Waals surface area contributed by atoms with Crippen LogP contribution in [-0.2, 0) is 0 Å². The van der Waals surface area contributed by atoms with Crippen LogP contribution in [0.4, 0.5) is 0 Å². The molecule has 0 amide bonds. The molecule has 0 spiro atoms. The van der Waals surface area contributed by atoms with Crippen LogP contribution in [0.2, 0.25) is 0 Å². The van der Waals surface area contributed by atoms with Crippen LogP contribution in [0.3, 0.4) is 0 Å². The molecule has 7 heavy (non-hydrogen) atoms. The van der Waals surface area contributed by atoms with E-state index < -0.39 is 0 Å². The first-order valence-electron chi connectivity index (χ1n) is 2.23. The van der Waals surface area contributed by atoms with E-state index in [2.05, 4.69) is 5.73 Å². The van der Waals surface area contributed by atoms with E-state index >= 15 is 0 Å². The summed E-state index contributed by atoms with van der Waals surface area (Å²) in [7, 11) is 0. The molecule has 0 aromatic rings. The van der Waals surface area contributed by atoms with Crippen molar-refractivity contribution in [3.63, 3.8) is 0 Å². The fourth-order valence-electron chi connectivity index (χ4n) is 0.235. The van der Waals surface area contributed by atoms with Crippen molar-refractivity contribution in [1.29, 1.82) is 0 Å². The van der Waals surface area contributed by atoms with Gasteiger partial charge in [-0.05, 0) is 19.0 Å². The van der Waals surface area contributed by atoms with Gasteiger partial charge in [-0.2, -0.15) is 0 Å². The van der Waals surface area contributed by atoms with Crippen LogP contribution >= 0.6 is 0 Å². The average molecular weight is 98.1 g/mol. The summed E-state index contributed by atoms with van der Waals surface area (Å²) in [6.45, 7) is 0.668. The maximum absolute atomic E-state index is 5.14. The van der Waals surface area contributed by atoms with Gasteiger partial charge in [0.2, 0.25) is 0 Å². The van der Waals surface area contributed by atoms with Gasteiger partial charge >= 0.3 is 0 Å². The molecular formula is C5H10N2. The molecule has 4 N–H and O–H groups in total. The van der Waals surface area contributed by atoms with Crippen molar-refractivity contribution in [2.45, 2.75) is 6.42 Å². The highest BCUT2D eigenvalue weighted by molar-refractivity contribution is 4.80. The van der Waals surface area contributed by atoms with E-state index in [9.17, 15) is 0 Å². The Hall–Kier alpha value is -0.720. The van der Waals surface area contributed by atoms with Gasteiger partial charge in [0.1, 0.15) is 0 Å². The summed E-state index contributed by atoms with van der Waals surface area (Å²) in [5, 5.41) is 0. The lowest BCUT2D eigenvalue weighted by Crippen LogP contribution is -1.94. The fraction of sp³-hybridized carbons (Fsp3) is 0.400. The summed E-state index contributed by atoms with van der Waals surface area (Å²) < 4.78 is 0. The molecule has 0 atom stereocenters. The van der Waals surface area contributed by atoms with Gasteiger partial charge in [-0.1, -0.05) is 0 Å². The molecule has 0 radical (unpaired) electrons. The molecule has 0 fully saturated rings. The molecule has 0 rings (SSSR count). The summed E-state index contributed by atoms with van der Waals surface area (Å²) in [4.78, 5) is 0. The molecule has 0 aliphatic carbocycles. The highest BCUT2D eigenvalue weighted by Gasteiger charge is 1.64. The summed E-state index contributed by atoms with van der Waals surface area (Å²) in [6.07, 6.45) is 4.03. The van der Waals surface area contributed by atoms with Crippen molar-refractivity contribution in [2.24, 2.45) is 11.5 Å². The number of rotatable bonds is 2. The van der Waals surface area contributed by atoms with Crippen LogP contribution < -0.4 is 11.5 Å². The van der Waals surface area contributed by atoms with E-state index in [0.717, 1.165) is 6.42 Å². The van der Waals surface area contributed by atoms with Crippen molar-refractivity contribution >= 4 is 0 Å². The topological polar surface area (TPSA) is 52.0 Å². The van der Waals surface area contributed by atoms with Crippen molar-refractivity contribution in [1.82, 2.24) is 0 Å². The van der Waals surface area contributed by atoms with Crippen LogP contribution in [0.5, 0.6) is 0 Å². The van der Waals surface area contributed by atoms with Crippen LogP contribution in [0.25, 0.3) is 0 Å². The Morgan fingerprint density at radius 1 is 1.57 bits per heavy atom. The largest absolute Gasteiger partial charge is 0.398 e. The zero-order chi connectivity index (χ0) is 5.54. The molecule has 40 valence electrons. The second-order valence-electron chi connectivity index (χ2n) is 1.11. The quantitative estimate of drug-likeness (QED) is 0.476. The van der Waals surface area contributed by atoms with Gasteiger partial charge < -0.3 is 11.5 Å². The SMILES string of the molecule is NC=C=CCCN. The molecule has 0 saturated heterocycles. The second kappa shape index (κ2) is 5.28. The van der Waals surface area contributed by atoms with Gasteiger partial charge in [0, 0.05) is 6.20 Å². The smallest absolute Gasteiger partial charge is 0.0368 e. The molecular weight excluding hydrogens is 88.1 g/mol. The summed E-state index contributed by atoms with van der Waals surface area (Å²) in [6, 6.07) is 0. The summed E-state index contributed by atoms with van der Waals surface area (Å²) in [5.41, 5.74) is 12.8. The predicted octanol–water partition coefficient (Wildman–Crippen LogP) is -0.0373. The first-order chi connectivity index (χ1) is 3.41. The molecule has 0 unspecified atom stereocenters. The van der Waals surface area contributed by atoms with E-state index in [1.165, 1.54) is 6.20 Å². The lowest BCUT2D eigenvalue weighted by Gasteiger charge is -1.75. The minimum Gasteiger partial charge on any atom is -0.398 e. The van der Waals surface area contributed by atoms with Crippen molar-refractivity contribution in [3.05, 3.63) is 18.0 Å². The molecule has 0 aliphatic rings. The van der Waals surface area contributed by atoms with Gasteiger partial charge in [0.25, 0.3) is 0 Å². The number of nitrogens with two attached hydrogens (primary N) is 2. The zero-order valence-electron chi connectivity index (χ0n) is 4.22. The number of hydrogen-bond donors (Lipinski definition) is 2. The van der Waals surface area contributed by atoms with Crippen molar-refractivity contribution < 1.29 is 0 Å². The minimum atomic E-state index is 0.668. The van der Waals surface area contributed by atoms with E-state index in [4.69, 9.17) is 11.5 Å². The Labute approximate surface area is 43.5 Å². The first-order valence-corrected chi connectivity index (χ1v) is 2.23. The molecule has 2 nitrogen and oxygen atoms in total. The van der Waals surface area contributed by atoms with Crippen LogP contribution in [0.15, 0.2) is 18.0 Å². The maximum atomic E-state index is 5.14. The fourth-order valence-corrected chi connectivity index (χ4v) is 0.235. The third-order valence-corrected chi connectivity index (χ3v) is 0.525. The average Bonchev–Trinajstić information content (AvgIpc) is 1.69. The van der Waals surface area contributed by atoms with E-state index in [1.54, 1.807) is 6.08 Å². The molecule has 0 heterocycles. The van der Waals surface area contributed by atoms with E-state index in [0.29, 0.717) is 6.54 Å². The standard InChI is InChI=1S/C5H10N2/c6-4-2-1-3-5-7/h1,5H,2,4,6-7H2. The molecule has 0 aromatic carbocycles. The third-order valence-electron chi connectivity index (χ3n) is 0.525. The highest BCUT2D eigenvalue weighted by Crippen LogP contribution is 1.70. The van der Waals surface area contributed by atoms with Gasteiger partial charge in [-0.15, -0.1) is 5.73 Å². The first kappa shape index (κ1) is 6.28. The van der Waals surface area contributed by atoms with Crippen LogP contribution in [-0.4, -0.2) is 6.54 Å². The maximum Gasteiger partial charge on any atom is 0.0368 e. The molecule has 0 aromatic heterocycles. The monoisotopic (exact) mass is 98.1 g/mol. The van der Waals surface area contributed by atoms with Crippen molar-refractivity contribution in [2.75, 3.05) is 6.54 Å². The Kier molecular flexibility index (Phi) is 4.74. The Balaban J connectivity index is 3.10. The van der Waals surface area contributed by atoms with Crippen LogP contribution in [0.1, 0.15) is 6.42 Å². The van der Waals surface area contributed by atoms with Gasteiger partial charge in [0.05, 0.1) is 0 Å². The molecule has 0 bridgehead atoms. The zero-order valence-corrected chi connectivity index (χ0v) is 4.22. The minimum absolute atomic E-state index is 0.668. The lowest BCUT2D eigenvalue weighted by molar-refractivity contribution is 1.01. The van der Waals surface area contributed by atoms with Gasteiger partial charge in [-0.25, -0.2) is 0 Å². The second-order valence-corrected chi connectivity index (χ2v) is 1.11. The van der Waals surface area contributed by atoms with Gasteiger partial charge in [-0.3, -0.25) is 0 Å². The normalized spacial score (nSPS) is 7.00. The Bertz CT molecular complexity index is 80.1. The third kappa shape index (κ3) is 5.28. The van der Waals surface area contributed by atoms with Crippen molar-refractivity contribution in [3.8, 4) is 0 Å². The Morgan fingerprint density at radius 3 is 2.71 bits per heavy atom. The molecule has 2 heteroatoms. The molecule has 0 saturated carbocycles. The predicted molar refractivity (Wildman–Crippen MR) is 30.5 cm³/mol. The van der Waals surface area contributed by atoms with Crippen LogP contribution in [0, 0.1) is 0 Å². The summed E-state index contributed by atoms with van der Waals surface area (Å²) >= 11 is 0. The highest BCUT2D eigenvalue weighted by atomic mass is 14.5. The lowest BCUT2D eigenvalue weighted by atomic mass is 10.4. The Morgan fingerprint density at radius 2 is 2.29 bits per heavy atom. The van der Waals surface area contributed by atoms with E-state index in [-0.39, 0.29) is 0 Å². The molecule has 0 aliphatic heterocycles. The number of hydrogen-bond acceptors (Lipinski definition) is 2.